The molecule has 27 heavy (non-hydrogen) atoms. The smallest absolute Gasteiger partial charge is 0.253 e. The second-order valence-corrected chi connectivity index (χ2v) is 9.52. The van der Waals surface area contributed by atoms with E-state index in [1.54, 1.807) is 24.3 Å². The van der Waals surface area contributed by atoms with Crippen LogP contribution in [0.15, 0.2) is 24.3 Å². The Kier molecular flexibility index (Phi) is 4.42. The molecule has 4 nitrogen and oxygen atoms in total. The monoisotopic (exact) mass is 386 g/mol. The summed E-state index contributed by atoms with van der Waals surface area (Å²) in [5.41, 5.74) is 0.667. The lowest BCUT2D eigenvalue weighted by Gasteiger charge is -2.54. The third-order valence-electron chi connectivity index (χ3n) is 7.48. The second kappa shape index (κ2) is 6.80. The molecule has 1 aliphatic heterocycles. The van der Waals surface area contributed by atoms with Crippen molar-refractivity contribution in [2.45, 2.75) is 32.1 Å². The van der Waals surface area contributed by atoms with Crippen LogP contribution < -0.4 is 0 Å². The van der Waals surface area contributed by atoms with Crippen molar-refractivity contribution in [2.75, 3.05) is 26.2 Å². The number of hydrogen-bond donors (Lipinski definition) is 0. The lowest BCUT2D eigenvalue weighted by atomic mass is 9.51. The zero-order valence-corrected chi connectivity index (χ0v) is 16.4. The summed E-state index contributed by atoms with van der Waals surface area (Å²) in [5, 5.41) is 0.637. The van der Waals surface area contributed by atoms with E-state index >= 15 is 0 Å². The van der Waals surface area contributed by atoms with E-state index in [1.807, 2.05) is 9.80 Å². The molecule has 5 heteroatoms. The van der Waals surface area contributed by atoms with Crippen LogP contribution in [0.3, 0.4) is 0 Å². The summed E-state index contributed by atoms with van der Waals surface area (Å²) in [6.07, 6.45) is 6.52. The summed E-state index contributed by atoms with van der Waals surface area (Å²) in [6, 6.07) is 7.05. The molecule has 4 saturated carbocycles. The maximum Gasteiger partial charge on any atom is 0.253 e. The molecule has 2 amide bonds. The molecule has 1 aromatic rings. The Balaban J connectivity index is 1.21. The topological polar surface area (TPSA) is 40.6 Å². The second-order valence-electron chi connectivity index (χ2n) is 9.08. The molecule has 6 rings (SSSR count). The van der Waals surface area contributed by atoms with Crippen molar-refractivity contribution in [2.24, 2.45) is 29.6 Å². The molecule has 0 unspecified atom stereocenters. The highest BCUT2D eigenvalue weighted by molar-refractivity contribution is 6.30. The van der Waals surface area contributed by atoms with Gasteiger partial charge in [0.15, 0.2) is 0 Å². The van der Waals surface area contributed by atoms with Gasteiger partial charge in [-0.2, -0.15) is 0 Å². The number of carbonyl (C=O) groups excluding carboxylic acids is 2. The minimum atomic E-state index is 0.0355. The maximum atomic E-state index is 13.3. The number of piperazine rings is 1. The van der Waals surface area contributed by atoms with Gasteiger partial charge in [0.1, 0.15) is 0 Å². The number of nitrogens with zero attached hydrogens (tertiary/aromatic N) is 2. The van der Waals surface area contributed by atoms with Crippen molar-refractivity contribution in [1.29, 1.82) is 0 Å². The van der Waals surface area contributed by atoms with Crippen molar-refractivity contribution in [3.05, 3.63) is 34.9 Å². The summed E-state index contributed by atoms with van der Waals surface area (Å²) in [5.74, 6) is 3.72. The number of carbonyl (C=O) groups is 2. The molecule has 144 valence electrons. The Bertz CT molecular complexity index is 711. The standard InChI is InChI=1S/C22H27ClN2O2/c23-19-3-1-16(2-4-19)21(26)24-5-7-25(8-6-24)22(27)20-17-10-14-9-15(12-17)13-18(20)11-14/h1-4,14-15,17-18,20H,5-13H2. The van der Waals surface area contributed by atoms with Crippen molar-refractivity contribution in [3.63, 3.8) is 0 Å². The van der Waals surface area contributed by atoms with E-state index in [4.69, 9.17) is 11.6 Å². The van der Waals surface area contributed by atoms with Gasteiger partial charge in [0, 0.05) is 42.7 Å². The van der Waals surface area contributed by atoms with Gasteiger partial charge >= 0.3 is 0 Å². The fourth-order valence-electron chi connectivity index (χ4n) is 6.44. The summed E-state index contributed by atoms with van der Waals surface area (Å²) in [4.78, 5) is 29.9. The lowest BCUT2D eigenvalue weighted by molar-refractivity contribution is -0.150. The van der Waals surface area contributed by atoms with Crippen LogP contribution in [0.5, 0.6) is 0 Å². The van der Waals surface area contributed by atoms with Gasteiger partial charge in [-0.25, -0.2) is 0 Å². The normalized spacial score (nSPS) is 34.8. The highest BCUT2D eigenvalue weighted by Gasteiger charge is 2.51. The fourth-order valence-corrected chi connectivity index (χ4v) is 6.57. The molecule has 5 fully saturated rings. The molecule has 0 spiro atoms. The Morgan fingerprint density at radius 2 is 1.30 bits per heavy atom. The molecule has 0 atom stereocenters. The van der Waals surface area contributed by atoms with Gasteiger partial charge in [-0.05, 0) is 80.0 Å². The van der Waals surface area contributed by atoms with Gasteiger partial charge in [-0.1, -0.05) is 11.6 Å². The van der Waals surface area contributed by atoms with E-state index in [0.717, 1.165) is 11.8 Å². The molecule has 1 saturated heterocycles. The van der Waals surface area contributed by atoms with Crippen molar-refractivity contribution >= 4 is 23.4 Å². The van der Waals surface area contributed by atoms with E-state index in [1.165, 1.54) is 32.1 Å². The van der Waals surface area contributed by atoms with Gasteiger partial charge in [-0.3, -0.25) is 9.59 Å². The van der Waals surface area contributed by atoms with Crippen LogP contribution in [0.1, 0.15) is 42.5 Å². The first-order valence-electron chi connectivity index (χ1n) is 10.4. The third-order valence-corrected chi connectivity index (χ3v) is 7.73. The first-order valence-corrected chi connectivity index (χ1v) is 10.8. The maximum absolute atomic E-state index is 13.3. The molecule has 0 N–H and O–H groups in total. The van der Waals surface area contributed by atoms with Crippen LogP contribution >= 0.6 is 11.6 Å². The summed E-state index contributed by atoms with van der Waals surface area (Å²) in [7, 11) is 0. The molecule has 4 aliphatic carbocycles. The molecule has 1 aromatic carbocycles. The van der Waals surface area contributed by atoms with Crippen LogP contribution in [0.2, 0.25) is 5.02 Å². The van der Waals surface area contributed by atoms with E-state index in [2.05, 4.69) is 0 Å². The molecule has 0 aromatic heterocycles. The quantitative estimate of drug-likeness (QED) is 0.777. The minimum Gasteiger partial charge on any atom is -0.339 e. The molecule has 0 radical (unpaired) electrons. The van der Waals surface area contributed by atoms with Crippen LogP contribution in [-0.2, 0) is 4.79 Å². The number of benzene rings is 1. The first-order chi connectivity index (χ1) is 13.1. The Morgan fingerprint density at radius 3 is 1.85 bits per heavy atom. The van der Waals surface area contributed by atoms with Crippen LogP contribution in [0.25, 0.3) is 0 Å². The van der Waals surface area contributed by atoms with Gasteiger partial charge in [0.2, 0.25) is 5.91 Å². The Hall–Kier alpha value is -1.55. The third kappa shape index (κ3) is 3.16. The van der Waals surface area contributed by atoms with Gasteiger partial charge in [0.05, 0.1) is 0 Å². The van der Waals surface area contributed by atoms with Gasteiger partial charge in [0.25, 0.3) is 5.91 Å². The van der Waals surface area contributed by atoms with Crippen LogP contribution in [-0.4, -0.2) is 47.8 Å². The molecule has 1 heterocycles. The Labute approximate surface area is 165 Å². The predicted octanol–water partition coefficient (Wildman–Crippen LogP) is 3.70. The average Bonchev–Trinajstić information content (AvgIpc) is 2.67. The summed E-state index contributed by atoms with van der Waals surface area (Å²) < 4.78 is 0. The summed E-state index contributed by atoms with van der Waals surface area (Å²) in [6.45, 7) is 2.59. The number of rotatable bonds is 2. The minimum absolute atomic E-state index is 0.0355. The largest absolute Gasteiger partial charge is 0.339 e. The average molecular weight is 387 g/mol. The summed E-state index contributed by atoms with van der Waals surface area (Å²) >= 11 is 5.91. The SMILES string of the molecule is O=C(c1ccc(Cl)cc1)N1CCN(C(=O)C2C3CC4CC(C3)CC2C4)CC1. The van der Waals surface area contributed by atoms with E-state index in [0.29, 0.717) is 54.5 Å². The van der Waals surface area contributed by atoms with Crippen molar-refractivity contribution < 1.29 is 9.59 Å². The fraction of sp³-hybridized carbons (Fsp3) is 0.636. The zero-order valence-electron chi connectivity index (χ0n) is 15.6. The van der Waals surface area contributed by atoms with Crippen LogP contribution in [0.4, 0.5) is 0 Å². The number of halogens is 1. The molecule has 5 aliphatic rings. The van der Waals surface area contributed by atoms with Crippen molar-refractivity contribution in [3.8, 4) is 0 Å². The number of hydrogen-bond acceptors (Lipinski definition) is 2. The highest BCUT2D eigenvalue weighted by Crippen LogP contribution is 2.56. The van der Waals surface area contributed by atoms with E-state index in [9.17, 15) is 9.59 Å². The Morgan fingerprint density at radius 1 is 0.778 bits per heavy atom. The van der Waals surface area contributed by atoms with E-state index < -0.39 is 0 Å². The van der Waals surface area contributed by atoms with E-state index in [-0.39, 0.29) is 11.8 Å². The zero-order chi connectivity index (χ0) is 18.5. The molecular weight excluding hydrogens is 360 g/mol. The van der Waals surface area contributed by atoms with Gasteiger partial charge in [-0.15, -0.1) is 0 Å². The highest BCUT2D eigenvalue weighted by atomic mass is 35.5. The molecule has 4 bridgehead atoms. The first kappa shape index (κ1) is 17.5. The lowest BCUT2D eigenvalue weighted by Crippen LogP contribution is -2.56. The predicted molar refractivity (Wildman–Crippen MR) is 104 cm³/mol. The van der Waals surface area contributed by atoms with Gasteiger partial charge < -0.3 is 9.80 Å². The van der Waals surface area contributed by atoms with Crippen molar-refractivity contribution in [1.82, 2.24) is 9.80 Å². The molecular formula is C22H27ClN2O2. The number of amides is 2. The van der Waals surface area contributed by atoms with Crippen LogP contribution in [0, 0.1) is 29.6 Å².